The van der Waals surface area contributed by atoms with Gasteiger partial charge in [0, 0.05) is 52.8 Å². The van der Waals surface area contributed by atoms with E-state index in [4.69, 9.17) is 9.97 Å². The van der Waals surface area contributed by atoms with E-state index in [-0.39, 0.29) is 0 Å². The third kappa shape index (κ3) is 3.91. The Kier molecular flexibility index (Phi) is 5.83. The minimum atomic E-state index is 0.665. The quantitative estimate of drug-likeness (QED) is 0.178. The largest absolute Gasteiger partial charge is 0.277 e. The van der Waals surface area contributed by atoms with E-state index in [2.05, 4.69) is 168 Å². The summed E-state index contributed by atoms with van der Waals surface area (Å²) in [6.45, 7) is 0. The Balaban J connectivity index is 1.34. The SMILES string of the molecule is c1ccc(-c2nc(-n3c4c(-c5ccc6c(c5)sc5ccccc56)cccc4c4c5ccccc5c5ccccc5c43)nc3ccccc23)cc1. The predicted molar refractivity (Wildman–Crippen MR) is 213 cm³/mol. The van der Waals surface area contributed by atoms with Gasteiger partial charge in [0.05, 0.1) is 22.2 Å². The van der Waals surface area contributed by atoms with E-state index >= 15 is 0 Å². The molecule has 8 aromatic carbocycles. The second-order valence-electron chi connectivity index (χ2n) is 12.9. The van der Waals surface area contributed by atoms with Crippen LogP contribution in [0.5, 0.6) is 0 Å². The molecule has 0 saturated carbocycles. The molecule has 3 nitrogen and oxygen atoms in total. The van der Waals surface area contributed by atoms with E-state index in [0.717, 1.165) is 38.8 Å². The molecule has 0 bridgehead atoms. The molecule has 3 aromatic heterocycles. The Hall–Kier alpha value is -6.36. The van der Waals surface area contributed by atoms with Gasteiger partial charge in [-0.15, -0.1) is 11.3 Å². The fourth-order valence-electron chi connectivity index (χ4n) is 8.03. The maximum absolute atomic E-state index is 5.47. The summed E-state index contributed by atoms with van der Waals surface area (Å²) in [7, 11) is 0. The van der Waals surface area contributed by atoms with Crippen LogP contribution in [0.15, 0.2) is 164 Å². The molecule has 0 aliphatic heterocycles. The average Bonchev–Trinajstić information content (AvgIpc) is 3.74. The predicted octanol–water partition coefficient (Wildman–Crippen LogP) is 12.7. The number of thiophene rings is 1. The first-order valence-corrected chi connectivity index (χ1v) is 17.7. The van der Waals surface area contributed by atoms with Gasteiger partial charge < -0.3 is 0 Å². The molecule has 0 unspecified atom stereocenters. The van der Waals surface area contributed by atoms with Crippen LogP contribution in [0, 0.1) is 0 Å². The Morgan fingerprint density at radius 2 is 1.04 bits per heavy atom. The van der Waals surface area contributed by atoms with Crippen molar-refractivity contribution >= 4 is 85.8 Å². The summed E-state index contributed by atoms with van der Waals surface area (Å²) >= 11 is 1.85. The third-order valence-corrected chi connectivity index (χ3v) is 11.3. The molecule has 0 atom stereocenters. The molecule has 0 amide bonds. The summed E-state index contributed by atoms with van der Waals surface area (Å²) in [6, 6.07) is 58.8. The number of para-hydroxylation sites is 2. The highest BCUT2D eigenvalue weighted by Gasteiger charge is 2.24. The summed E-state index contributed by atoms with van der Waals surface area (Å²) in [5.41, 5.74) is 7.48. The normalized spacial score (nSPS) is 12.0. The molecular formula is C46H27N3S. The van der Waals surface area contributed by atoms with Gasteiger partial charge in [-0.2, -0.15) is 0 Å². The van der Waals surface area contributed by atoms with Crippen molar-refractivity contribution in [3.05, 3.63) is 164 Å². The molecule has 11 rings (SSSR count). The van der Waals surface area contributed by atoms with Crippen molar-refractivity contribution in [2.45, 2.75) is 0 Å². The standard InChI is InChI=1S/C46H27N3S/c1-2-13-28(14-3-1)43-37-20-8-10-23-39(37)47-46(48-43)49-44-30(29-25-26-34-33-17-9-11-24-40(33)50-41(34)27-29)21-12-22-38(44)42-35-18-6-4-15-31(35)32-16-5-7-19-36(32)45(42)49/h1-27H. The Labute approximate surface area is 291 Å². The van der Waals surface area contributed by atoms with Gasteiger partial charge in [0.25, 0.3) is 0 Å². The number of rotatable bonds is 3. The van der Waals surface area contributed by atoms with Gasteiger partial charge >= 0.3 is 0 Å². The molecule has 0 spiro atoms. The van der Waals surface area contributed by atoms with Crippen molar-refractivity contribution in [2.24, 2.45) is 0 Å². The molecule has 0 radical (unpaired) electrons. The lowest BCUT2D eigenvalue weighted by Crippen LogP contribution is -2.04. The number of nitrogens with zero attached hydrogens (tertiary/aromatic N) is 3. The zero-order valence-corrected chi connectivity index (χ0v) is 27.7. The van der Waals surface area contributed by atoms with Gasteiger partial charge in [0.15, 0.2) is 0 Å². The highest BCUT2D eigenvalue weighted by molar-refractivity contribution is 7.25. The van der Waals surface area contributed by atoms with Crippen LogP contribution in [0.4, 0.5) is 0 Å². The van der Waals surface area contributed by atoms with Crippen molar-refractivity contribution in [1.82, 2.24) is 14.5 Å². The third-order valence-electron chi connectivity index (χ3n) is 10.2. The van der Waals surface area contributed by atoms with Crippen LogP contribution in [0.1, 0.15) is 0 Å². The second kappa shape index (κ2) is 10.6. The van der Waals surface area contributed by atoms with Gasteiger partial charge in [-0.05, 0) is 39.9 Å². The fraction of sp³-hybridized carbons (Fsp3) is 0. The highest BCUT2D eigenvalue weighted by atomic mass is 32.1. The van der Waals surface area contributed by atoms with Gasteiger partial charge in [0.2, 0.25) is 5.95 Å². The van der Waals surface area contributed by atoms with Crippen LogP contribution < -0.4 is 0 Å². The first kappa shape index (κ1) is 27.6. The minimum Gasteiger partial charge on any atom is -0.277 e. The lowest BCUT2D eigenvalue weighted by Gasteiger charge is -2.15. The Morgan fingerprint density at radius 1 is 0.400 bits per heavy atom. The molecule has 50 heavy (non-hydrogen) atoms. The van der Waals surface area contributed by atoms with E-state index in [1.807, 2.05) is 11.3 Å². The maximum Gasteiger partial charge on any atom is 0.235 e. The molecule has 0 N–H and O–H groups in total. The first-order valence-electron chi connectivity index (χ1n) is 16.9. The van der Waals surface area contributed by atoms with Crippen molar-refractivity contribution < 1.29 is 0 Å². The monoisotopic (exact) mass is 653 g/mol. The van der Waals surface area contributed by atoms with Crippen LogP contribution in [-0.2, 0) is 0 Å². The zero-order chi connectivity index (χ0) is 32.8. The number of benzene rings is 8. The van der Waals surface area contributed by atoms with Gasteiger partial charge in [-0.1, -0.05) is 146 Å². The molecule has 0 aliphatic rings. The zero-order valence-electron chi connectivity index (χ0n) is 26.8. The molecule has 11 aromatic rings. The summed E-state index contributed by atoms with van der Waals surface area (Å²) in [5, 5.41) is 10.9. The highest BCUT2D eigenvalue weighted by Crippen LogP contribution is 2.46. The van der Waals surface area contributed by atoms with E-state index < -0.39 is 0 Å². The average molecular weight is 654 g/mol. The molecule has 3 heterocycles. The van der Waals surface area contributed by atoms with Crippen LogP contribution in [-0.4, -0.2) is 14.5 Å². The van der Waals surface area contributed by atoms with Crippen molar-refractivity contribution in [3.8, 4) is 28.3 Å². The summed E-state index contributed by atoms with van der Waals surface area (Å²) in [6.07, 6.45) is 0. The first-order chi connectivity index (χ1) is 24.8. The molecule has 0 fully saturated rings. The smallest absolute Gasteiger partial charge is 0.235 e. The van der Waals surface area contributed by atoms with Crippen molar-refractivity contribution in [1.29, 1.82) is 0 Å². The van der Waals surface area contributed by atoms with Gasteiger partial charge in [-0.25, -0.2) is 9.97 Å². The van der Waals surface area contributed by atoms with Crippen molar-refractivity contribution in [3.63, 3.8) is 0 Å². The Morgan fingerprint density at radius 3 is 1.88 bits per heavy atom. The fourth-order valence-corrected chi connectivity index (χ4v) is 9.18. The van der Waals surface area contributed by atoms with Gasteiger partial charge in [0.1, 0.15) is 0 Å². The summed E-state index contributed by atoms with van der Waals surface area (Å²) < 4.78 is 4.94. The summed E-state index contributed by atoms with van der Waals surface area (Å²) in [4.78, 5) is 10.8. The number of fused-ring (bicyclic) bond motifs is 12. The summed E-state index contributed by atoms with van der Waals surface area (Å²) in [5.74, 6) is 0.665. The number of hydrogen-bond donors (Lipinski definition) is 0. The number of hydrogen-bond acceptors (Lipinski definition) is 3. The number of aromatic nitrogens is 3. The molecule has 4 heteroatoms. The Bertz CT molecular complexity index is 3150. The second-order valence-corrected chi connectivity index (χ2v) is 14.0. The van der Waals surface area contributed by atoms with Gasteiger partial charge in [-0.3, -0.25) is 4.57 Å². The topological polar surface area (TPSA) is 30.7 Å². The molecular weight excluding hydrogens is 627 g/mol. The van der Waals surface area contributed by atoms with E-state index in [0.29, 0.717) is 5.95 Å². The van der Waals surface area contributed by atoms with Crippen LogP contribution in [0.3, 0.4) is 0 Å². The van der Waals surface area contributed by atoms with E-state index in [9.17, 15) is 0 Å². The lowest BCUT2D eigenvalue weighted by atomic mass is 9.96. The molecule has 0 aliphatic carbocycles. The van der Waals surface area contributed by atoms with Crippen molar-refractivity contribution in [2.75, 3.05) is 0 Å². The van der Waals surface area contributed by atoms with E-state index in [1.54, 1.807) is 0 Å². The van der Waals surface area contributed by atoms with E-state index in [1.165, 1.54) is 58.1 Å². The molecule has 0 saturated heterocycles. The lowest BCUT2D eigenvalue weighted by molar-refractivity contribution is 1.02. The van der Waals surface area contributed by atoms with Crippen LogP contribution in [0.25, 0.3) is 103 Å². The molecule has 232 valence electrons. The minimum absolute atomic E-state index is 0.665. The van der Waals surface area contributed by atoms with Crippen LogP contribution in [0.2, 0.25) is 0 Å². The maximum atomic E-state index is 5.47. The van der Waals surface area contributed by atoms with Crippen LogP contribution >= 0.6 is 11.3 Å².